The highest BCUT2D eigenvalue weighted by molar-refractivity contribution is 7.98. The van der Waals surface area contributed by atoms with Gasteiger partial charge in [-0.05, 0) is 24.1 Å². The van der Waals surface area contributed by atoms with Gasteiger partial charge in [-0.3, -0.25) is 9.36 Å². The van der Waals surface area contributed by atoms with Gasteiger partial charge in [-0.15, -0.1) is 10.2 Å². The first-order valence-corrected chi connectivity index (χ1v) is 9.81. The number of benzene rings is 2. The van der Waals surface area contributed by atoms with Crippen LogP contribution in [0.5, 0.6) is 0 Å². The number of hydrogen-bond acceptors (Lipinski definition) is 5. The first-order valence-electron chi connectivity index (χ1n) is 8.44. The van der Waals surface area contributed by atoms with Gasteiger partial charge in [-0.25, -0.2) is 0 Å². The maximum Gasteiger partial charge on any atom is 0.243 e. The fourth-order valence-corrected chi connectivity index (χ4v) is 3.87. The van der Waals surface area contributed by atoms with E-state index in [1.165, 1.54) is 11.8 Å². The minimum absolute atomic E-state index is 0.148. The van der Waals surface area contributed by atoms with Crippen molar-refractivity contribution in [1.82, 2.24) is 20.1 Å². The zero-order valence-corrected chi connectivity index (χ0v) is 16.4. The molecule has 0 fully saturated rings. The number of amides is 1. The molecule has 140 valence electrons. The molecule has 3 rings (SSSR count). The average molecular weight is 402 g/mol. The molecule has 1 atom stereocenters. The van der Waals surface area contributed by atoms with Gasteiger partial charge in [-0.2, -0.15) is 0 Å². The monoisotopic (exact) mass is 401 g/mol. The van der Waals surface area contributed by atoms with Crippen LogP contribution in [0, 0.1) is 0 Å². The molecule has 0 bridgehead atoms. The molecule has 0 saturated carbocycles. The lowest BCUT2D eigenvalue weighted by Crippen LogP contribution is -2.31. The molecular weight excluding hydrogens is 382 g/mol. The van der Waals surface area contributed by atoms with E-state index in [0.29, 0.717) is 22.5 Å². The Kier molecular flexibility index (Phi) is 6.36. The summed E-state index contributed by atoms with van der Waals surface area (Å²) < 4.78 is 1.64. The molecule has 0 aliphatic carbocycles. The Balaban J connectivity index is 1.67. The molecule has 0 spiro atoms. The molecule has 1 aromatic heterocycles. The predicted molar refractivity (Wildman–Crippen MR) is 108 cm³/mol. The van der Waals surface area contributed by atoms with Crippen molar-refractivity contribution in [3.05, 3.63) is 70.7 Å². The lowest BCUT2D eigenvalue weighted by molar-refractivity contribution is -0.124. The van der Waals surface area contributed by atoms with Crippen LogP contribution in [0.3, 0.4) is 0 Å². The highest BCUT2D eigenvalue weighted by atomic mass is 35.5. The molecule has 3 aromatic rings. The van der Waals surface area contributed by atoms with Gasteiger partial charge in [0.2, 0.25) is 11.9 Å². The van der Waals surface area contributed by atoms with Gasteiger partial charge in [0, 0.05) is 17.3 Å². The normalized spacial score (nSPS) is 11.9. The summed E-state index contributed by atoms with van der Waals surface area (Å²) in [6.07, 6.45) is 0. The largest absolute Gasteiger partial charge is 0.368 e. The summed E-state index contributed by atoms with van der Waals surface area (Å²) in [5.74, 6) is 0.667. The van der Waals surface area contributed by atoms with Crippen LogP contribution in [0.15, 0.2) is 59.8 Å². The van der Waals surface area contributed by atoms with Crippen molar-refractivity contribution >= 4 is 35.2 Å². The number of nitrogens with zero attached hydrogens (tertiary/aromatic N) is 3. The maximum absolute atomic E-state index is 12.6. The third-order valence-electron chi connectivity index (χ3n) is 4.08. The van der Waals surface area contributed by atoms with Gasteiger partial charge in [0.25, 0.3) is 0 Å². The van der Waals surface area contributed by atoms with E-state index in [1.54, 1.807) is 11.5 Å². The molecule has 0 saturated heterocycles. The standard InChI is InChI=1S/C19H20ClN5OS/c1-13(17(26)22-11-14-7-3-2-4-8-14)25-18(21)23-24-19(25)27-12-15-9-5-6-10-16(15)20/h2-10,13H,11-12H2,1H3,(H2,21,23)(H,22,26). The Labute approximate surface area is 167 Å². The summed E-state index contributed by atoms with van der Waals surface area (Å²) in [6, 6.07) is 16.8. The van der Waals surface area contributed by atoms with Crippen LogP contribution in [0.4, 0.5) is 5.95 Å². The van der Waals surface area contributed by atoms with Crippen LogP contribution in [0.25, 0.3) is 0 Å². The number of carbonyl (C=O) groups excluding carboxylic acids is 1. The molecule has 0 aliphatic rings. The lowest BCUT2D eigenvalue weighted by Gasteiger charge is -2.16. The van der Waals surface area contributed by atoms with E-state index in [1.807, 2.05) is 54.6 Å². The molecule has 1 amide bonds. The van der Waals surface area contributed by atoms with Gasteiger partial charge in [0.05, 0.1) is 0 Å². The van der Waals surface area contributed by atoms with Crippen LogP contribution >= 0.6 is 23.4 Å². The van der Waals surface area contributed by atoms with Gasteiger partial charge < -0.3 is 11.1 Å². The predicted octanol–water partition coefficient (Wildman–Crippen LogP) is 3.68. The van der Waals surface area contributed by atoms with Gasteiger partial charge >= 0.3 is 0 Å². The van der Waals surface area contributed by atoms with Gasteiger partial charge in [0.15, 0.2) is 5.16 Å². The second-order valence-electron chi connectivity index (χ2n) is 5.97. The minimum atomic E-state index is -0.530. The quantitative estimate of drug-likeness (QED) is 0.590. The van der Waals surface area contributed by atoms with E-state index in [4.69, 9.17) is 17.3 Å². The number of nitrogens with two attached hydrogens (primary N) is 1. The topological polar surface area (TPSA) is 85.8 Å². The Morgan fingerprint density at radius 2 is 1.89 bits per heavy atom. The van der Waals surface area contributed by atoms with E-state index in [9.17, 15) is 4.79 Å². The van der Waals surface area contributed by atoms with Crippen molar-refractivity contribution in [3.8, 4) is 0 Å². The minimum Gasteiger partial charge on any atom is -0.368 e. The van der Waals surface area contributed by atoms with Crippen LogP contribution in [0.2, 0.25) is 5.02 Å². The maximum atomic E-state index is 12.6. The van der Waals surface area contributed by atoms with Crippen LogP contribution in [0.1, 0.15) is 24.1 Å². The molecule has 0 aliphatic heterocycles. The van der Waals surface area contributed by atoms with E-state index in [0.717, 1.165) is 11.1 Å². The third kappa shape index (κ3) is 4.81. The Morgan fingerprint density at radius 1 is 1.19 bits per heavy atom. The summed E-state index contributed by atoms with van der Waals surface area (Å²) >= 11 is 7.64. The van der Waals surface area contributed by atoms with Crippen molar-refractivity contribution in [2.75, 3.05) is 5.73 Å². The van der Waals surface area contributed by atoms with Gasteiger partial charge in [0.1, 0.15) is 6.04 Å². The van der Waals surface area contributed by atoms with Crippen molar-refractivity contribution in [1.29, 1.82) is 0 Å². The second kappa shape index (κ2) is 8.92. The smallest absolute Gasteiger partial charge is 0.243 e. The SMILES string of the molecule is CC(C(=O)NCc1ccccc1)n1c(N)nnc1SCc1ccccc1Cl. The molecule has 6 nitrogen and oxygen atoms in total. The lowest BCUT2D eigenvalue weighted by atomic mass is 10.2. The molecular formula is C19H20ClN5OS. The van der Waals surface area contributed by atoms with Crippen LogP contribution in [-0.2, 0) is 17.1 Å². The highest BCUT2D eigenvalue weighted by Crippen LogP contribution is 2.28. The van der Waals surface area contributed by atoms with Crippen LogP contribution < -0.4 is 11.1 Å². The second-order valence-corrected chi connectivity index (χ2v) is 7.32. The third-order valence-corrected chi connectivity index (χ3v) is 5.44. The van der Waals surface area contributed by atoms with Crippen LogP contribution in [-0.4, -0.2) is 20.7 Å². The molecule has 0 radical (unpaired) electrons. The summed E-state index contributed by atoms with van der Waals surface area (Å²) in [5, 5.41) is 12.2. The highest BCUT2D eigenvalue weighted by Gasteiger charge is 2.22. The van der Waals surface area contributed by atoms with Crippen molar-refractivity contribution in [3.63, 3.8) is 0 Å². The first kappa shape index (κ1) is 19.3. The Morgan fingerprint density at radius 3 is 2.63 bits per heavy atom. The number of nitrogen functional groups attached to an aromatic ring is 1. The number of rotatable bonds is 7. The zero-order chi connectivity index (χ0) is 19.2. The number of hydrogen-bond donors (Lipinski definition) is 2. The van der Waals surface area contributed by atoms with E-state index in [-0.39, 0.29) is 11.9 Å². The molecule has 1 unspecified atom stereocenters. The molecule has 2 aromatic carbocycles. The zero-order valence-electron chi connectivity index (χ0n) is 14.8. The molecule has 8 heteroatoms. The average Bonchev–Trinajstić information content (AvgIpc) is 3.06. The molecule has 3 N–H and O–H groups in total. The number of anilines is 1. The number of nitrogens with one attached hydrogen (secondary N) is 1. The van der Waals surface area contributed by atoms with Crippen molar-refractivity contribution < 1.29 is 4.79 Å². The Bertz CT molecular complexity index is 915. The van der Waals surface area contributed by atoms with Gasteiger partial charge in [-0.1, -0.05) is 71.9 Å². The summed E-state index contributed by atoms with van der Waals surface area (Å²) in [6.45, 7) is 2.23. The first-order chi connectivity index (χ1) is 13.1. The molecule has 27 heavy (non-hydrogen) atoms. The summed E-state index contributed by atoms with van der Waals surface area (Å²) in [5.41, 5.74) is 7.97. The Hall–Kier alpha value is -2.51. The summed E-state index contributed by atoms with van der Waals surface area (Å²) in [4.78, 5) is 12.6. The number of halogens is 1. The number of carbonyl (C=O) groups is 1. The van der Waals surface area contributed by atoms with E-state index >= 15 is 0 Å². The number of thioether (sulfide) groups is 1. The van der Waals surface area contributed by atoms with E-state index < -0.39 is 6.04 Å². The fraction of sp³-hybridized carbons (Fsp3) is 0.211. The number of aromatic nitrogens is 3. The fourth-order valence-electron chi connectivity index (χ4n) is 2.56. The van der Waals surface area contributed by atoms with E-state index in [2.05, 4.69) is 15.5 Å². The summed E-state index contributed by atoms with van der Waals surface area (Å²) in [7, 11) is 0. The van der Waals surface area contributed by atoms with Crippen molar-refractivity contribution in [2.45, 2.75) is 30.4 Å². The van der Waals surface area contributed by atoms with Crippen molar-refractivity contribution in [2.24, 2.45) is 0 Å². The molecule has 1 heterocycles.